The van der Waals surface area contributed by atoms with Gasteiger partial charge in [-0.15, -0.1) is 0 Å². The van der Waals surface area contributed by atoms with E-state index in [1.165, 1.54) is 0 Å². The maximum atomic E-state index is 12.4. The highest BCUT2D eigenvalue weighted by molar-refractivity contribution is 6.22. The van der Waals surface area contributed by atoms with Gasteiger partial charge in [0, 0.05) is 24.2 Å². The average molecular weight is 319 g/mol. The van der Waals surface area contributed by atoms with Crippen LogP contribution >= 0.6 is 0 Å². The molecule has 0 spiro atoms. The van der Waals surface area contributed by atoms with Gasteiger partial charge in [-0.05, 0) is 43.4 Å². The van der Waals surface area contributed by atoms with Crippen molar-refractivity contribution in [2.24, 2.45) is 0 Å². The second-order valence-electron chi connectivity index (χ2n) is 6.29. The van der Waals surface area contributed by atoms with Gasteiger partial charge in [-0.25, -0.2) is 0 Å². The van der Waals surface area contributed by atoms with Gasteiger partial charge >= 0.3 is 0 Å². The minimum absolute atomic E-state index is 0.0155. The number of pyridine rings is 1. The minimum atomic E-state index is -0.0303. The van der Waals surface area contributed by atoms with Gasteiger partial charge in [-0.2, -0.15) is 0 Å². The molecule has 1 aliphatic rings. The molecule has 3 rings (SSSR count). The van der Waals surface area contributed by atoms with Crippen LogP contribution in [-0.4, -0.2) is 16.6 Å². The number of carbonyl (C=O) groups excluding carboxylic acids is 2. The van der Waals surface area contributed by atoms with E-state index in [9.17, 15) is 9.59 Å². The molecule has 0 amide bonds. The molecule has 1 aliphatic carbocycles. The lowest BCUT2D eigenvalue weighted by Gasteiger charge is -2.22. The molecule has 3 nitrogen and oxygen atoms in total. The number of ketones is 2. The number of aromatic nitrogens is 1. The van der Waals surface area contributed by atoms with Crippen LogP contribution in [0.4, 0.5) is 0 Å². The third-order valence-corrected chi connectivity index (χ3v) is 4.43. The molecular weight excluding hydrogens is 298 g/mol. The molecule has 0 unspecified atom stereocenters. The van der Waals surface area contributed by atoms with Crippen molar-refractivity contribution in [2.75, 3.05) is 0 Å². The van der Waals surface area contributed by atoms with Crippen molar-refractivity contribution in [1.82, 2.24) is 4.98 Å². The third kappa shape index (κ3) is 3.85. The fourth-order valence-electron chi connectivity index (χ4n) is 3.19. The van der Waals surface area contributed by atoms with E-state index in [-0.39, 0.29) is 17.5 Å². The second-order valence-corrected chi connectivity index (χ2v) is 6.29. The number of allylic oxidation sites excluding steroid dienone is 2. The Hall–Kier alpha value is -2.55. The molecule has 0 aliphatic heterocycles. The normalized spacial score (nSPS) is 17.9. The van der Waals surface area contributed by atoms with E-state index in [1.54, 1.807) is 6.08 Å². The molecule has 2 aromatic rings. The molecular formula is C21H21NO2. The van der Waals surface area contributed by atoms with Crippen molar-refractivity contribution in [1.29, 1.82) is 0 Å². The van der Waals surface area contributed by atoms with Gasteiger partial charge in [-0.3, -0.25) is 14.6 Å². The predicted octanol–water partition coefficient (Wildman–Crippen LogP) is 3.96. The zero-order valence-corrected chi connectivity index (χ0v) is 13.9. The first-order chi connectivity index (χ1) is 11.6. The average Bonchev–Trinajstić information content (AvgIpc) is 2.58. The van der Waals surface area contributed by atoms with Crippen LogP contribution in [0.5, 0.6) is 0 Å². The van der Waals surface area contributed by atoms with E-state index >= 15 is 0 Å². The predicted molar refractivity (Wildman–Crippen MR) is 93.8 cm³/mol. The van der Waals surface area contributed by atoms with Gasteiger partial charge in [0.15, 0.2) is 11.6 Å². The maximum Gasteiger partial charge on any atom is 0.166 e. The van der Waals surface area contributed by atoms with Crippen molar-refractivity contribution in [2.45, 2.75) is 38.5 Å². The Morgan fingerprint density at radius 3 is 2.38 bits per heavy atom. The van der Waals surface area contributed by atoms with Crippen LogP contribution in [-0.2, 0) is 16.0 Å². The Morgan fingerprint density at radius 2 is 1.71 bits per heavy atom. The summed E-state index contributed by atoms with van der Waals surface area (Å²) in [7, 11) is 0. The summed E-state index contributed by atoms with van der Waals surface area (Å²) in [6.45, 7) is 1.96. The number of nitrogens with zero attached hydrogens (tertiary/aromatic N) is 1. The Bertz CT molecular complexity index is 757. The van der Waals surface area contributed by atoms with Crippen LogP contribution in [0.15, 0.2) is 60.2 Å². The van der Waals surface area contributed by atoms with Gasteiger partial charge < -0.3 is 0 Å². The molecule has 1 saturated carbocycles. The molecule has 0 radical (unpaired) electrons. The summed E-state index contributed by atoms with van der Waals surface area (Å²) in [5.41, 5.74) is 3.43. The van der Waals surface area contributed by atoms with Crippen LogP contribution in [0.2, 0.25) is 0 Å². The Morgan fingerprint density at radius 1 is 1.00 bits per heavy atom. The molecule has 0 N–H and O–H groups in total. The summed E-state index contributed by atoms with van der Waals surface area (Å²) >= 11 is 0. The molecule has 24 heavy (non-hydrogen) atoms. The molecule has 122 valence electrons. The highest BCUT2D eigenvalue weighted by atomic mass is 16.1. The number of benzene rings is 1. The lowest BCUT2D eigenvalue weighted by molar-refractivity contribution is -0.124. The number of hydrogen-bond acceptors (Lipinski definition) is 3. The summed E-state index contributed by atoms with van der Waals surface area (Å²) in [6.07, 6.45) is 4.05. The summed E-state index contributed by atoms with van der Waals surface area (Å²) < 4.78 is 0. The third-order valence-electron chi connectivity index (χ3n) is 4.43. The lowest BCUT2D eigenvalue weighted by Crippen LogP contribution is -2.24. The van der Waals surface area contributed by atoms with E-state index in [2.05, 4.69) is 4.98 Å². The summed E-state index contributed by atoms with van der Waals surface area (Å²) in [4.78, 5) is 29.2. The highest BCUT2D eigenvalue weighted by Crippen LogP contribution is 2.31. The van der Waals surface area contributed by atoms with Crippen molar-refractivity contribution in [3.8, 4) is 0 Å². The fraction of sp³-hybridized carbons (Fsp3) is 0.286. The first-order valence-electron chi connectivity index (χ1n) is 8.37. The van der Waals surface area contributed by atoms with Crippen LogP contribution in [0.25, 0.3) is 0 Å². The van der Waals surface area contributed by atoms with Crippen LogP contribution in [0.3, 0.4) is 0 Å². The number of carbonyl (C=O) groups is 2. The van der Waals surface area contributed by atoms with Gasteiger partial charge in [0.1, 0.15) is 0 Å². The Labute approximate surface area is 142 Å². The fourth-order valence-corrected chi connectivity index (χ4v) is 3.19. The first-order valence-corrected chi connectivity index (χ1v) is 8.37. The molecule has 1 fully saturated rings. The summed E-state index contributed by atoms with van der Waals surface area (Å²) in [5.74, 6) is -0.0450. The molecule has 0 atom stereocenters. The monoisotopic (exact) mass is 319 g/mol. The van der Waals surface area contributed by atoms with Gasteiger partial charge in [0.05, 0.1) is 5.57 Å². The van der Waals surface area contributed by atoms with E-state index in [0.717, 1.165) is 23.4 Å². The smallest absolute Gasteiger partial charge is 0.166 e. The zero-order chi connectivity index (χ0) is 16.9. The van der Waals surface area contributed by atoms with E-state index in [0.29, 0.717) is 24.8 Å². The van der Waals surface area contributed by atoms with Crippen molar-refractivity contribution in [3.63, 3.8) is 0 Å². The summed E-state index contributed by atoms with van der Waals surface area (Å²) in [5, 5.41) is 0. The number of hydrogen-bond donors (Lipinski definition) is 0. The maximum absolute atomic E-state index is 12.4. The Balaban J connectivity index is 1.65. The highest BCUT2D eigenvalue weighted by Gasteiger charge is 2.30. The van der Waals surface area contributed by atoms with E-state index in [1.807, 2.05) is 55.5 Å². The van der Waals surface area contributed by atoms with Crippen molar-refractivity contribution in [3.05, 3.63) is 77.1 Å². The molecule has 1 aromatic carbocycles. The Kier molecular flexibility index (Phi) is 4.99. The van der Waals surface area contributed by atoms with E-state index in [4.69, 9.17) is 0 Å². The van der Waals surface area contributed by atoms with Crippen molar-refractivity contribution >= 4 is 11.6 Å². The molecule has 3 heteroatoms. The van der Waals surface area contributed by atoms with Crippen LogP contribution in [0, 0.1) is 6.92 Å². The SMILES string of the molecule is Cc1cccc(CCC=C2C(=O)CC(c3ccccc3)CC2=O)n1. The van der Waals surface area contributed by atoms with Crippen LogP contribution < -0.4 is 0 Å². The largest absolute Gasteiger partial charge is 0.294 e. The van der Waals surface area contributed by atoms with Gasteiger partial charge in [0.25, 0.3) is 0 Å². The van der Waals surface area contributed by atoms with Crippen molar-refractivity contribution < 1.29 is 9.59 Å². The lowest BCUT2D eigenvalue weighted by atomic mass is 9.79. The quantitative estimate of drug-likeness (QED) is 0.633. The number of rotatable bonds is 4. The molecule has 1 heterocycles. The molecule has 1 aromatic heterocycles. The number of aryl methyl sites for hydroxylation is 2. The second kappa shape index (κ2) is 7.35. The van der Waals surface area contributed by atoms with Crippen LogP contribution in [0.1, 0.15) is 42.1 Å². The molecule has 0 bridgehead atoms. The first kappa shape index (κ1) is 16.3. The molecule has 0 saturated heterocycles. The zero-order valence-electron chi connectivity index (χ0n) is 13.9. The topological polar surface area (TPSA) is 47.0 Å². The van der Waals surface area contributed by atoms with Gasteiger partial charge in [-0.1, -0.05) is 42.5 Å². The minimum Gasteiger partial charge on any atom is -0.294 e. The summed E-state index contributed by atoms with van der Waals surface area (Å²) in [6, 6.07) is 15.7. The van der Waals surface area contributed by atoms with Gasteiger partial charge in [0.2, 0.25) is 0 Å². The standard InChI is InChI=1S/C21H21NO2/c1-15-7-5-10-18(22-15)11-6-12-19-20(23)13-17(14-21(19)24)16-8-3-2-4-9-16/h2-5,7-10,12,17H,6,11,13-14H2,1H3. The van der Waals surface area contributed by atoms with E-state index < -0.39 is 0 Å². The number of Topliss-reactive ketones (excluding diaryl/α,β-unsaturated/α-hetero) is 2.